The van der Waals surface area contributed by atoms with Crippen molar-refractivity contribution in [3.63, 3.8) is 0 Å². The minimum absolute atomic E-state index is 0. The first-order valence-electron chi connectivity index (χ1n) is 8.63. The minimum Gasteiger partial charge on any atom is -0.378 e. The van der Waals surface area contributed by atoms with E-state index in [4.69, 9.17) is 18.6 Å². The Morgan fingerprint density at radius 2 is 1.40 bits per heavy atom. The molecule has 0 unspecified atom stereocenters. The van der Waals surface area contributed by atoms with Crippen LogP contribution >= 0.6 is 11.3 Å². The van der Waals surface area contributed by atoms with Crippen LogP contribution in [0, 0.1) is 10.2 Å². The molecule has 0 amide bonds. The lowest BCUT2D eigenvalue weighted by atomic mass is 9.92. The fourth-order valence-electron chi connectivity index (χ4n) is 2.76. The molecule has 3 N–H and O–H groups in total. The maximum absolute atomic E-state index is 8.49. The molecule has 0 saturated carbocycles. The van der Waals surface area contributed by atoms with Crippen LogP contribution in [-0.4, -0.2) is 38.5 Å². The number of nitrogens with zero attached hydrogens (tertiary/aromatic N) is 2. The first kappa shape index (κ1) is 25.7. The molecule has 0 saturated heterocycles. The van der Waals surface area contributed by atoms with Gasteiger partial charge in [0.15, 0.2) is 5.71 Å². The fraction of sp³-hybridized carbons (Fsp3) is 0.190. The number of hydrogen-bond donors (Lipinski definition) is 1. The second-order valence-electron chi connectivity index (χ2n) is 6.65. The van der Waals surface area contributed by atoms with Crippen molar-refractivity contribution < 1.29 is 33.5 Å². The molecule has 1 aromatic heterocycles. The van der Waals surface area contributed by atoms with E-state index in [1.54, 1.807) is 11.3 Å². The summed E-state index contributed by atoms with van der Waals surface area (Å²) in [6.45, 7) is 0. The van der Waals surface area contributed by atoms with Crippen LogP contribution in [0.5, 0.6) is 0 Å². The molecule has 9 heteroatoms. The van der Waals surface area contributed by atoms with E-state index in [0.717, 1.165) is 0 Å². The zero-order valence-corrected chi connectivity index (χ0v) is 18.9. The summed E-state index contributed by atoms with van der Waals surface area (Å²) in [7, 11) is 3.33. The first-order valence-corrected chi connectivity index (χ1v) is 10.8. The SMILES string of the molecule is CN(C)c1ccc(C(=C2C=CC(=[N+](C)C)C=C2)c2ccsc2)cc1.N.[O-][Cl+3]([O-])([O-])[O-]. The largest absolute Gasteiger partial charge is 0.378 e. The number of halogens is 1. The molecule has 1 heterocycles. The molecule has 30 heavy (non-hydrogen) atoms. The van der Waals surface area contributed by atoms with E-state index >= 15 is 0 Å². The van der Waals surface area contributed by atoms with Crippen LogP contribution in [0.15, 0.2) is 71.0 Å². The van der Waals surface area contributed by atoms with E-state index < -0.39 is 10.2 Å². The van der Waals surface area contributed by atoms with Crippen molar-refractivity contribution in [2.75, 3.05) is 33.1 Å². The molecule has 0 radical (unpaired) electrons. The van der Waals surface area contributed by atoms with Gasteiger partial charge in [-0.05, 0) is 63.4 Å². The normalized spacial score (nSPS) is 12.7. The molecule has 0 bridgehead atoms. The highest BCUT2D eigenvalue weighted by atomic mass is 35.7. The van der Waals surface area contributed by atoms with Gasteiger partial charge in [-0.2, -0.15) is 11.3 Å². The third-order valence-corrected chi connectivity index (χ3v) is 4.84. The monoisotopic (exact) mass is 451 g/mol. The fourth-order valence-corrected chi connectivity index (χ4v) is 3.41. The Balaban J connectivity index is 0.000000674. The van der Waals surface area contributed by atoms with E-state index in [-0.39, 0.29) is 6.15 Å². The summed E-state index contributed by atoms with van der Waals surface area (Å²) < 4.78 is 36.1. The topological polar surface area (TPSA) is 133 Å². The zero-order chi connectivity index (χ0) is 21.6. The quantitative estimate of drug-likeness (QED) is 0.645. The summed E-state index contributed by atoms with van der Waals surface area (Å²) in [5.41, 5.74) is 7.48. The van der Waals surface area contributed by atoms with Gasteiger partial charge in [0, 0.05) is 31.9 Å². The van der Waals surface area contributed by atoms with Crippen LogP contribution in [0.25, 0.3) is 5.57 Å². The molecule has 2 aromatic rings. The number of anilines is 1. The van der Waals surface area contributed by atoms with Crippen molar-refractivity contribution in [3.8, 4) is 0 Å². The third-order valence-electron chi connectivity index (χ3n) is 4.15. The lowest BCUT2D eigenvalue weighted by molar-refractivity contribution is -2.00. The van der Waals surface area contributed by atoms with E-state index in [1.165, 1.54) is 33.7 Å². The molecule has 0 spiro atoms. The Hall–Kier alpha value is -2.30. The van der Waals surface area contributed by atoms with Crippen molar-refractivity contribution in [2.45, 2.75) is 0 Å². The molecule has 0 aliphatic heterocycles. The molecule has 3 rings (SSSR count). The van der Waals surface area contributed by atoms with Crippen molar-refractivity contribution in [3.05, 3.63) is 82.1 Å². The zero-order valence-electron chi connectivity index (χ0n) is 17.4. The maximum Gasteiger partial charge on any atom is 0.199 e. The highest BCUT2D eigenvalue weighted by molar-refractivity contribution is 7.08. The smallest absolute Gasteiger partial charge is 0.199 e. The number of benzene rings is 1. The second kappa shape index (κ2) is 11.2. The van der Waals surface area contributed by atoms with Gasteiger partial charge in [0.1, 0.15) is 14.1 Å². The summed E-state index contributed by atoms with van der Waals surface area (Å²) in [6, 6.07) is 11.0. The Morgan fingerprint density at radius 1 is 0.867 bits per heavy atom. The van der Waals surface area contributed by atoms with Gasteiger partial charge in [-0.3, -0.25) is 0 Å². The van der Waals surface area contributed by atoms with E-state index in [2.05, 4.69) is 103 Å². The summed E-state index contributed by atoms with van der Waals surface area (Å²) in [4.78, 5) is 2.12. The molecule has 0 fully saturated rings. The molecule has 0 atom stereocenters. The van der Waals surface area contributed by atoms with E-state index in [1.807, 2.05) is 0 Å². The summed E-state index contributed by atoms with van der Waals surface area (Å²) in [5.74, 6) is 0. The molecular weight excluding hydrogens is 426 g/mol. The number of hydrogen-bond acceptors (Lipinski definition) is 7. The van der Waals surface area contributed by atoms with Crippen LogP contribution in [0.4, 0.5) is 5.69 Å². The summed E-state index contributed by atoms with van der Waals surface area (Å²) in [6.07, 6.45) is 8.77. The highest BCUT2D eigenvalue weighted by Gasteiger charge is 2.13. The molecule has 162 valence electrons. The Bertz CT molecular complexity index is 914. The molecule has 1 aliphatic rings. The average Bonchev–Trinajstić information content (AvgIpc) is 3.15. The van der Waals surface area contributed by atoms with Crippen LogP contribution in [0.2, 0.25) is 0 Å². The standard InChI is InChI=1S/C21H23N2S.ClHO4.H3N/c1-22(2)19-9-5-16(6-10-19)21(18-13-14-24-15-18)17-7-11-20(12-8-17)23(3)4;2-1(3,4)5;/h5-15H,1-4H3;(H,2,3,4,5);1H3/q+1;;/p-1. The second-order valence-corrected chi connectivity index (χ2v) is 8.18. The van der Waals surface area contributed by atoms with Crippen molar-refractivity contribution in [1.29, 1.82) is 0 Å². The van der Waals surface area contributed by atoms with Gasteiger partial charge in [-0.15, -0.1) is 10.2 Å². The molecular formula is C21H26ClN3O4S. The van der Waals surface area contributed by atoms with Crippen LogP contribution < -0.4 is 29.7 Å². The van der Waals surface area contributed by atoms with Crippen molar-refractivity contribution >= 4 is 28.3 Å². The predicted octanol–water partition coefficient (Wildman–Crippen LogP) is -0.139. The number of rotatable bonds is 3. The van der Waals surface area contributed by atoms with Gasteiger partial charge in [0.25, 0.3) is 0 Å². The first-order chi connectivity index (χ1) is 13.6. The van der Waals surface area contributed by atoms with Gasteiger partial charge in [-0.25, -0.2) is 23.2 Å². The van der Waals surface area contributed by atoms with E-state index in [0.29, 0.717) is 0 Å². The van der Waals surface area contributed by atoms with Gasteiger partial charge in [0.2, 0.25) is 0 Å². The van der Waals surface area contributed by atoms with Crippen LogP contribution in [-0.2, 0) is 0 Å². The lowest BCUT2D eigenvalue weighted by Crippen LogP contribution is -2.68. The number of thiophene rings is 1. The van der Waals surface area contributed by atoms with E-state index in [9.17, 15) is 0 Å². The van der Waals surface area contributed by atoms with Crippen molar-refractivity contribution in [2.24, 2.45) is 0 Å². The third kappa shape index (κ3) is 7.85. The highest BCUT2D eigenvalue weighted by Crippen LogP contribution is 2.31. The van der Waals surface area contributed by atoms with Crippen LogP contribution in [0.3, 0.4) is 0 Å². The Morgan fingerprint density at radius 3 is 1.80 bits per heavy atom. The van der Waals surface area contributed by atoms with Gasteiger partial charge in [0.05, 0.1) is 0 Å². The molecule has 7 nitrogen and oxygen atoms in total. The summed E-state index contributed by atoms with van der Waals surface area (Å²) in [5, 5.41) is 4.35. The summed E-state index contributed by atoms with van der Waals surface area (Å²) >= 11 is 1.74. The Kier molecular flexibility index (Phi) is 9.60. The van der Waals surface area contributed by atoms with Crippen molar-refractivity contribution in [1.82, 2.24) is 6.15 Å². The van der Waals surface area contributed by atoms with Gasteiger partial charge < -0.3 is 11.1 Å². The predicted molar refractivity (Wildman–Crippen MR) is 112 cm³/mol. The number of allylic oxidation sites excluding steroid dienone is 5. The Labute approximate surface area is 183 Å². The minimum atomic E-state index is -4.94. The van der Waals surface area contributed by atoms with Crippen LogP contribution in [0.1, 0.15) is 11.1 Å². The molecule has 1 aliphatic carbocycles. The molecule has 1 aromatic carbocycles. The van der Waals surface area contributed by atoms with Gasteiger partial charge >= 0.3 is 0 Å². The average molecular weight is 452 g/mol. The van der Waals surface area contributed by atoms with Gasteiger partial charge in [-0.1, -0.05) is 12.1 Å². The lowest BCUT2D eigenvalue weighted by Gasteiger charge is -2.17. The maximum atomic E-state index is 8.49.